The van der Waals surface area contributed by atoms with E-state index in [4.69, 9.17) is 56.8 Å². The van der Waals surface area contributed by atoms with Crippen molar-refractivity contribution in [2.45, 2.75) is 75.9 Å². The summed E-state index contributed by atoms with van der Waals surface area (Å²) < 4.78 is 71.8. The highest BCUT2D eigenvalue weighted by molar-refractivity contribution is 6.63. The quantitative estimate of drug-likeness (QED) is 0.0318. The molecule has 0 spiro atoms. The molecule has 13 heterocycles. The molecule has 7 aliphatic heterocycles. The molecule has 3 aromatic carbocycles. The molecular formula is C84H57N9O36. The van der Waals surface area contributed by atoms with Gasteiger partial charge in [0.2, 0.25) is 75.5 Å². The van der Waals surface area contributed by atoms with Gasteiger partial charge >= 0.3 is 71.6 Å². The first-order valence-corrected chi connectivity index (χ1v) is 38.6. The van der Waals surface area contributed by atoms with Gasteiger partial charge in [-0.05, 0) is 88.0 Å². The Kier molecular flexibility index (Phi) is 18.8. The van der Waals surface area contributed by atoms with Gasteiger partial charge in [0.05, 0.1) is 32.8 Å². The highest BCUT2D eigenvalue weighted by atomic mass is 16.7. The van der Waals surface area contributed by atoms with E-state index >= 15 is 24.0 Å². The number of ether oxygens (including phenoxy) is 12. The Balaban J connectivity index is 0.872. The van der Waals surface area contributed by atoms with Gasteiger partial charge in [-0.25, -0.2) is 57.5 Å². The summed E-state index contributed by atoms with van der Waals surface area (Å²) in [6.07, 6.45) is 0.184. The van der Waals surface area contributed by atoms with Gasteiger partial charge in [-0.15, -0.1) is 0 Å². The van der Waals surface area contributed by atoms with E-state index in [-0.39, 0.29) is 65.8 Å². The molecule has 0 saturated heterocycles. The number of hydrogen-bond donors (Lipinski definition) is 15. The summed E-state index contributed by atoms with van der Waals surface area (Å²) in [6, 6.07) is 0.422. The Hall–Kier alpha value is -17.6. The molecule has 0 amide bonds. The third kappa shape index (κ3) is 12.8. The van der Waals surface area contributed by atoms with Crippen molar-refractivity contribution in [1.29, 1.82) is 0 Å². The summed E-state index contributed by atoms with van der Waals surface area (Å²) >= 11 is 0. The summed E-state index contributed by atoms with van der Waals surface area (Å²) in [5, 5.41) is 74.2. The number of carbonyl (C=O) groups is 18. The van der Waals surface area contributed by atoms with Crippen LogP contribution >= 0.6 is 0 Å². The first-order chi connectivity index (χ1) is 61.6. The smallest absolute Gasteiger partial charge is 0.357 e. The molecule has 0 saturated carbocycles. The molecule has 19 rings (SSSR count). The van der Waals surface area contributed by atoms with E-state index in [1.54, 1.807) is 0 Å². The number of phenolic OH excluding ortho intramolecular Hbond substituents is 2. The maximum Gasteiger partial charge on any atom is 0.357 e. The lowest BCUT2D eigenvalue weighted by molar-refractivity contribution is -0.152. The van der Waals surface area contributed by atoms with Crippen LogP contribution in [0.2, 0.25) is 0 Å². The number of Topliss-reactive ketones (excluding diaryl/α,β-unsaturated/α-hetero) is 6. The fourth-order valence-electron chi connectivity index (χ4n) is 17.8. The number of carboxylic acid groups (broad SMARTS) is 4. The number of H-pyrrole nitrogens is 6. The highest BCUT2D eigenvalue weighted by Gasteiger charge is 2.48. The van der Waals surface area contributed by atoms with Crippen LogP contribution in [0.5, 0.6) is 34.5 Å². The number of rotatable bonds is 5. The number of cyclic esters (lactones) is 6. The van der Waals surface area contributed by atoms with Crippen molar-refractivity contribution in [1.82, 2.24) is 29.9 Å². The van der Waals surface area contributed by atoms with E-state index < -0.39 is 354 Å². The van der Waals surface area contributed by atoms with Gasteiger partial charge in [0, 0.05) is 103 Å². The van der Waals surface area contributed by atoms with E-state index in [0.717, 1.165) is 54.6 Å². The number of phenols is 2. The van der Waals surface area contributed by atoms with Crippen LogP contribution in [0.4, 0.5) is 17.1 Å². The molecule has 3 aliphatic carbocycles. The van der Waals surface area contributed by atoms with Gasteiger partial charge in [-0.2, -0.15) is 0 Å². The van der Waals surface area contributed by atoms with Crippen LogP contribution in [0, 0.1) is 0 Å². The van der Waals surface area contributed by atoms with Crippen LogP contribution in [0.15, 0.2) is 36.4 Å². The molecule has 0 radical (unpaired) electrons. The Labute approximate surface area is 712 Å². The van der Waals surface area contributed by atoms with Gasteiger partial charge in [0.25, 0.3) is 0 Å². The molecule has 9 aromatic rings. The Morgan fingerprint density at radius 3 is 1.21 bits per heavy atom. The minimum Gasteiger partial charge on any atom is -0.504 e. The third-order valence-corrected chi connectivity index (χ3v) is 23.6. The van der Waals surface area contributed by atoms with Gasteiger partial charge in [0.1, 0.15) is 69.4 Å². The van der Waals surface area contributed by atoms with Gasteiger partial charge < -0.3 is 133 Å². The number of aromatic amines is 6. The number of esters is 8. The topological polar surface area (TPSA) is 670 Å². The SMILES string of the molecule is CC1c2cc([nH]c2C(=O)O)C(=O)OCOC(=O)c2[nH]c3cc2C(C)c2c4c5c(c6c2OCOC(=O)C2Cc7c(c1c(O)c(O)c7C1=c7[nH]c(cc7=CC(=O)C1=O)C(=O)OCO6)N2)C1=c2[nH]c(cc2=CC(=O)C1=O)C(=O)OCOc1c(c(c2c(c1C1=c6[nH]c(C(=O)O)cc6=CC(=O)C1=O)CC(C(=O)O)N2)C(C)c1cc(C(=O)O)[nH]c1C(=O)OCOC3=O)OCOC(=O)C(C5)N4. The molecule has 654 valence electrons. The molecule has 45 nitrogen and oxygen atoms in total. The first-order valence-electron chi connectivity index (χ1n) is 38.6. The lowest BCUT2D eigenvalue weighted by Gasteiger charge is -2.27. The van der Waals surface area contributed by atoms with Crippen molar-refractivity contribution in [2.24, 2.45) is 0 Å². The number of carbonyl (C=O) groups excluding carboxylic acids is 14. The standard InChI is InChI=1S/C84H57N9O36/c1-22-28-11-39(92-61(28)76(108)109)79(112)126-20-129-84(117)63-30-12-40(93-63)80(113)127-21-128-83(116)62-29(10-35(87-62)74(104)105)23(2)47-59-32(13-36(86-59)75(106)107)50(53-56-25(7-44(95)65(53)98)4-34(85-56)73(102)103)71-69(47)118-16-125-82(115)42-15-33-51(54-57-27(9-45(96)66(54)99)6-38(89-57)78(111)123-18-120-71)72-70(48(24(30)3)60(33)91-42)119-17-124-81(114)41-14-31-49(68(101)67(100)46(22)58(31)90-41)52-55-26(8-43(94)64(52)97)5-37(88-55)77(110)122-19-121-72/h4-12,22-24,36,41-42,85-93,100-101H,13-21H2,1-3H3,(H,102,103)(H,104,105)(H,106,107)(H,108,109). The van der Waals surface area contributed by atoms with Crippen molar-refractivity contribution in [3.05, 3.63) is 186 Å². The van der Waals surface area contributed by atoms with Gasteiger partial charge in [-0.1, -0.05) is 20.8 Å². The predicted molar refractivity (Wildman–Crippen MR) is 417 cm³/mol. The number of aromatic hydroxyl groups is 2. The number of hydrogen-bond acceptors (Lipinski definition) is 35. The van der Waals surface area contributed by atoms with Crippen LogP contribution in [-0.4, -0.2) is 226 Å². The van der Waals surface area contributed by atoms with Crippen molar-refractivity contribution in [3.8, 4) is 34.5 Å². The third-order valence-electron chi connectivity index (χ3n) is 23.6. The van der Waals surface area contributed by atoms with Gasteiger partial charge in [0.15, 0.2) is 34.5 Å². The molecule has 6 aromatic heterocycles. The van der Waals surface area contributed by atoms with Crippen LogP contribution in [0.1, 0.15) is 200 Å². The summed E-state index contributed by atoms with van der Waals surface area (Å²) in [6.45, 7) is -4.47. The van der Waals surface area contributed by atoms with Gasteiger partial charge in [-0.3, -0.25) is 28.8 Å². The molecule has 0 fully saturated rings. The molecule has 6 atom stereocenters. The number of carboxylic acids is 4. The van der Waals surface area contributed by atoms with Crippen LogP contribution in [-0.2, 0) is 100 Å². The van der Waals surface area contributed by atoms with E-state index in [1.165, 1.54) is 20.8 Å². The number of aromatic carboxylic acids is 3. The lowest BCUT2D eigenvalue weighted by atomic mass is 9.83. The number of fused-ring (bicyclic) bond motifs is 18. The normalized spacial score (nSPS) is 20.4. The number of aliphatic carboxylic acids is 1. The van der Waals surface area contributed by atoms with Crippen molar-refractivity contribution >= 4 is 158 Å². The first kappa shape index (κ1) is 81.1. The molecule has 129 heavy (non-hydrogen) atoms. The second-order valence-corrected chi connectivity index (χ2v) is 30.6. The van der Waals surface area contributed by atoms with Crippen LogP contribution in [0.3, 0.4) is 0 Å². The molecule has 45 heteroatoms. The van der Waals surface area contributed by atoms with E-state index in [9.17, 15) is 93.0 Å². The summed E-state index contributed by atoms with van der Waals surface area (Å²) in [5.41, 5.74) is -14.6. The molecular weight excluding hydrogens is 1710 g/mol. The van der Waals surface area contributed by atoms with E-state index in [0.29, 0.717) is 0 Å². The average molecular weight is 1770 g/mol. The summed E-state index contributed by atoms with van der Waals surface area (Å²) in [5.74, 6) is -36.7. The largest absolute Gasteiger partial charge is 0.504 e. The Morgan fingerprint density at radius 1 is 0.349 bits per heavy atom. The Morgan fingerprint density at radius 2 is 0.721 bits per heavy atom. The highest BCUT2D eigenvalue weighted by Crippen LogP contribution is 2.57. The van der Waals surface area contributed by atoms with E-state index in [2.05, 4.69) is 45.9 Å². The second kappa shape index (κ2) is 29.9. The van der Waals surface area contributed by atoms with Crippen molar-refractivity contribution in [3.63, 3.8) is 0 Å². The van der Waals surface area contributed by atoms with E-state index in [1.807, 2.05) is 0 Å². The number of anilines is 3. The molecule has 6 unspecified atom stereocenters. The fourth-order valence-corrected chi connectivity index (χ4v) is 17.8. The zero-order valence-electron chi connectivity index (χ0n) is 66.0. The number of aromatic nitrogens is 6. The minimum atomic E-state index is -1.90. The fraction of sp³-hybridized carbons (Fsp3) is 0.214. The lowest BCUT2D eigenvalue weighted by Crippen LogP contribution is -2.37. The second-order valence-electron chi connectivity index (χ2n) is 30.6. The van der Waals surface area contributed by atoms with Crippen LogP contribution < -0.4 is 66.6 Å². The molecule has 17 bridgehead atoms. The number of nitrogens with one attached hydrogen (secondary N) is 9. The molecule has 10 aliphatic rings. The monoisotopic (exact) mass is 1770 g/mol. The summed E-state index contributed by atoms with van der Waals surface area (Å²) in [7, 11) is 0. The van der Waals surface area contributed by atoms with Crippen molar-refractivity contribution < 1.29 is 174 Å². The number of ketones is 6. The molecule has 15 N–H and O–H groups in total. The van der Waals surface area contributed by atoms with Crippen LogP contribution in [0.25, 0.3) is 34.9 Å². The maximum atomic E-state index is 15.8. The predicted octanol–water partition coefficient (Wildman–Crippen LogP) is -1.15. The summed E-state index contributed by atoms with van der Waals surface area (Å²) in [4.78, 5) is 276. The maximum absolute atomic E-state index is 15.8. The van der Waals surface area contributed by atoms with Crippen molar-refractivity contribution in [2.75, 3.05) is 56.7 Å². The number of benzene rings is 3. The average Bonchev–Trinajstić information content (AvgIpc) is 1.63. The zero-order valence-corrected chi connectivity index (χ0v) is 66.0. The zero-order chi connectivity index (χ0) is 91.0. The minimum absolute atomic E-state index is 0.219. The Bertz CT molecular complexity index is 7360.